The summed E-state index contributed by atoms with van der Waals surface area (Å²) in [7, 11) is 0. The van der Waals surface area contributed by atoms with Crippen LogP contribution in [0.3, 0.4) is 0 Å². The average molecular weight is 334 g/mol. The molecule has 7 heteroatoms. The van der Waals surface area contributed by atoms with Crippen LogP contribution in [0.15, 0.2) is 24.3 Å². The zero-order chi connectivity index (χ0) is 17.7. The molecule has 1 fully saturated rings. The van der Waals surface area contributed by atoms with Gasteiger partial charge in [-0.2, -0.15) is 0 Å². The molecular formula is C17H26N4O3. The van der Waals surface area contributed by atoms with E-state index in [0.29, 0.717) is 37.6 Å². The summed E-state index contributed by atoms with van der Waals surface area (Å²) in [5.41, 5.74) is 6.50. The van der Waals surface area contributed by atoms with Gasteiger partial charge >= 0.3 is 6.09 Å². The maximum atomic E-state index is 12.1. The minimum Gasteiger partial charge on any atom is -0.444 e. The average Bonchev–Trinajstić information content (AvgIpc) is 2.46. The molecule has 1 heterocycles. The number of nitrogens with one attached hydrogen (secondary N) is 1. The highest BCUT2D eigenvalue weighted by Gasteiger charge is 2.26. The Labute approximate surface area is 142 Å². The van der Waals surface area contributed by atoms with E-state index in [0.717, 1.165) is 0 Å². The van der Waals surface area contributed by atoms with Crippen molar-refractivity contribution < 1.29 is 14.3 Å². The van der Waals surface area contributed by atoms with Gasteiger partial charge < -0.3 is 20.7 Å². The summed E-state index contributed by atoms with van der Waals surface area (Å²) in [6.45, 7) is 8.23. The molecule has 2 rings (SSSR count). The van der Waals surface area contributed by atoms with Gasteiger partial charge in [-0.3, -0.25) is 9.69 Å². The highest BCUT2D eigenvalue weighted by atomic mass is 16.6. The molecule has 1 saturated heterocycles. The van der Waals surface area contributed by atoms with Crippen molar-refractivity contribution in [3.63, 3.8) is 0 Å². The first-order valence-corrected chi connectivity index (χ1v) is 8.08. The summed E-state index contributed by atoms with van der Waals surface area (Å²) in [4.78, 5) is 27.8. The van der Waals surface area contributed by atoms with Crippen molar-refractivity contribution in [3.05, 3.63) is 24.3 Å². The first kappa shape index (κ1) is 18.1. The number of hydrogen-bond donors (Lipinski definition) is 2. The van der Waals surface area contributed by atoms with Crippen LogP contribution in [-0.4, -0.2) is 60.1 Å². The fraction of sp³-hybridized carbons (Fsp3) is 0.529. The number of ether oxygens (including phenoxy) is 1. The van der Waals surface area contributed by atoms with Crippen molar-refractivity contribution in [2.45, 2.75) is 26.4 Å². The molecule has 0 spiro atoms. The zero-order valence-electron chi connectivity index (χ0n) is 14.5. The van der Waals surface area contributed by atoms with Crippen molar-refractivity contribution in [1.82, 2.24) is 9.80 Å². The van der Waals surface area contributed by atoms with Gasteiger partial charge in [-0.25, -0.2) is 4.79 Å². The van der Waals surface area contributed by atoms with Gasteiger partial charge in [-0.1, -0.05) is 6.07 Å². The number of hydrogen-bond acceptors (Lipinski definition) is 5. The van der Waals surface area contributed by atoms with E-state index in [1.807, 2.05) is 25.7 Å². The standard InChI is InChI=1S/C17H26N4O3/c1-17(2,3)24-16(23)21-9-7-20(8-10-21)12-15(22)19-14-6-4-5-13(18)11-14/h4-6,11H,7-10,12,18H2,1-3H3,(H,19,22). The number of carbonyl (C=O) groups excluding carboxylic acids is 2. The van der Waals surface area contributed by atoms with Gasteiger partial charge in [0, 0.05) is 37.6 Å². The topological polar surface area (TPSA) is 87.9 Å². The van der Waals surface area contributed by atoms with Crippen molar-refractivity contribution in [3.8, 4) is 0 Å². The van der Waals surface area contributed by atoms with Crippen LogP contribution in [0.1, 0.15) is 20.8 Å². The number of rotatable bonds is 3. The lowest BCUT2D eigenvalue weighted by molar-refractivity contribution is -0.117. The Morgan fingerprint density at radius 3 is 2.46 bits per heavy atom. The van der Waals surface area contributed by atoms with Crippen LogP contribution in [0.4, 0.5) is 16.2 Å². The number of nitrogens with two attached hydrogens (primary N) is 1. The highest BCUT2D eigenvalue weighted by Crippen LogP contribution is 2.13. The van der Waals surface area contributed by atoms with Gasteiger partial charge in [0.25, 0.3) is 0 Å². The normalized spacial score (nSPS) is 15.9. The molecule has 0 bridgehead atoms. The van der Waals surface area contributed by atoms with Crippen molar-refractivity contribution >= 4 is 23.4 Å². The molecule has 1 aliphatic rings. The Kier molecular flexibility index (Phi) is 5.66. The zero-order valence-corrected chi connectivity index (χ0v) is 14.5. The fourth-order valence-electron chi connectivity index (χ4n) is 2.44. The quantitative estimate of drug-likeness (QED) is 0.823. The highest BCUT2D eigenvalue weighted by molar-refractivity contribution is 5.92. The predicted molar refractivity (Wildman–Crippen MR) is 93.7 cm³/mol. The summed E-state index contributed by atoms with van der Waals surface area (Å²) < 4.78 is 5.36. The van der Waals surface area contributed by atoms with E-state index < -0.39 is 5.60 Å². The van der Waals surface area contributed by atoms with Gasteiger partial charge in [0.1, 0.15) is 5.60 Å². The first-order chi connectivity index (χ1) is 11.2. The van der Waals surface area contributed by atoms with Crippen molar-refractivity contribution in [2.75, 3.05) is 43.8 Å². The number of amides is 2. The third-order valence-electron chi connectivity index (χ3n) is 3.56. The summed E-state index contributed by atoms with van der Waals surface area (Å²) >= 11 is 0. The Hall–Kier alpha value is -2.28. The third-order valence-corrected chi connectivity index (χ3v) is 3.56. The molecule has 0 unspecified atom stereocenters. The van der Waals surface area contributed by atoms with Crippen molar-refractivity contribution in [1.29, 1.82) is 0 Å². The monoisotopic (exact) mass is 334 g/mol. The van der Waals surface area contributed by atoms with Gasteiger partial charge in [0.15, 0.2) is 0 Å². The lowest BCUT2D eigenvalue weighted by Crippen LogP contribution is -2.51. The molecule has 0 aromatic heterocycles. The molecule has 0 aliphatic carbocycles. The number of nitrogen functional groups attached to an aromatic ring is 1. The number of benzene rings is 1. The van der Waals surface area contributed by atoms with Crippen LogP contribution >= 0.6 is 0 Å². The molecule has 132 valence electrons. The molecule has 1 aromatic carbocycles. The summed E-state index contributed by atoms with van der Waals surface area (Å²) in [5.74, 6) is -0.0914. The SMILES string of the molecule is CC(C)(C)OC(=O)N1CCN(CC(=O)Nc2cccc(N)c2)CC1. The lowest BCUT2D eigenvalue weighted by atomic mass is 10.2. The van der Waals surface area contributed by atoms with E-state index in [2.05, 4.69) is 5.32 Å². The molecular weight excluding hydrogens is 308 g/mol. The van der Waals surface area contributed by atoms with Crippen LogP contribution in [0, 0.1) is 0 Å². The molecule has 3 N–H and O–H groups in total. The predicted octanol–water partition coefficient (Wildman–Crippen LogP) is 1.76. The van der Waals surface area contributed by atoms with Gasteiger partial charge in [0.2, 0.25) is 5.91 Å². The smallest absolute Gasteiger partial charge is 0.410 e. The minimum absolute atomic E-state index is 0.0914. The Bertz CT molecular complexity index is 590. The first-order valence-electron chi connectivity index (χ1n) is 8.08. The van der Waals surface area contributed by atoms with E-state index in [-0.39, 0.29) is 18.5 Å². The number of nitrogens with zero attached hydrogens (tertiary/aromatic N) is 2. The third kappa shape index (κ3) is 5.73. The Morgan fingerprint density at radius 2 is 1.88 bits per heavy atom. The van der Waals surface area contributed by atoms with Gasteiger partial charge in [-0.15, -0.1) is 0 Å². The maximum absolute atomic E-state index is 12.1. The Balaban J connectivity index is 1.76. The van der Waals surface area contributed by atoms with Crippen LogP contribution in [-0.2, 0) is 9.53 Å². The molecule has 0 saturated carbocycles. The summed E-state index contributed by atoms with van der Waals surface area (Å²) in [6, 6.07) is 7.09. The summed E-state index contributed by atoms with van der Waals surface area (Å²) in [5, 5.41) is 2.83. The molecule has 7 nitrogen and oxygen atoms in total. The van der Waals surface area contributed by atoms with Crippen LogP contribution in [0.25, 0.3) is 0 Å². The van der Waals surface area contributed by atoms with Gasteiger partial charge in [0.05, 0.1) is 6.54 Å². The molecule has 1 aliphatic heterocycles. The molecule has 0 atom stereocenters. The molecule has 0 radical (unpaired) electrons. The number of anilines is 2. The second-order valence-corrected chi connectivity index (χ2v) is 6.92. The van der Waals surface area contributed by atoms with Gasteiger partial charge in [-0.05, 0) is 39.0 Å². The molecule has 2 amide bonds. The van der Waals surface area contributed by atoms with E-state index in [9.17, 15) is 9.59 Å². The second-order valence-electron chi connectivity index (χ2n) is 6.92. The maximum Gasteiger partial charge on any atom is 0.410 e. The molecule has 24 heavy (non-hydrogen) atoms. The van der Waals surface area contributed by atoms with E-state index in [1.165, 1.54) is 0 Å². The number of carbonyl (C=O) groups is 2. The Morgan fingerprint density at radius 1 is 1.21 bits per heavy atom. The van der Waals surface area contributed by atoms with E-state index >= 15 is 0 Å². The second kappa shape index (κ2) is 7.53. The van der Waals surface area contributed by atoms with Crippen molar-refractivity contribution in [2.24, 2.45) is 0 Å². The largest absolute Gasteiger partial charge is 0.444 e. The molecule has 1 aromatic rings. The van der Waals surface area contributed by atoms with E-state index in [1.54, 1.807) is 29.2 Å². The lowest BCUT2D eigenvalue weighted by Gasteiger charge is -2.35. The van der Waals surface area contributed by atoms with Crippen LogP contribution in [0.2, 0.25) is 0 Å². The fourth-order valence-corrected chi connectivity index (χ4v) is 2.44. The minimum atomic E-state index is -0.494. The number of piperazine rings is 1. The summed E-state index contributed by atoms with van der Waals surface area (Å²) in [6.07, 6.45) is -0.300. The van der Waals surface area contributed by atoms with Crippen LogP contribution in [0.5, 0.6) is 0 Å². The van der Waals surface area contributed by atoms with E-state index in [4.69, 9.17) is 10.5 Å². The van der Waals surface area contributed by atoms with Crippen LogP contribution < -0.4 is 11.1 Å².